The van der Waals surface area contributed by atoms with Gasteiger partial charge in [-0.05, 0) is 32.3 Å². The molecule has 0 aromatic heterocycles. The van der Waals surface area contributed by atoms with Crippen molar-refractivity contribution in [2.45, 2.75) is 45.7 Å². The van der Waals surface area contributed by atoms with Gasteiger partial charge >= 0.3 is 0 Å². The Balaban J connectivity index is 1.96. The van der Waals surface area contributed by atoms with E-state index in [0.29, 0.717) is 19.5 Å². The van der Waals surface area contributed by atoms with Gasteiger partial charge in [0.15, 0.2) is 0 Å². The number of piperazine rings is 1. The molecule has 0 bridgehead atoms. The quantitative estimate of drug-likeness (QED) is 0.806. The van der Waals surface area contributed by atoms with Gasteiger partial charge in [0, 0.05) is 31.7 Å². The summed E-state index contributed by atoms with van der Waals surface area (Å²) in [6.07, 6.45) is 1.69. The van der Waals surface area contributed by atoms with Crippen LogP contribution in [0, 0.1) is 0 Å². The lowest BCUT2D eigenvalue weighted by Crippen LogP contribution is -2.58. The van der Waals surface area contributed by atoms with Crippen LogP contribution in [-0.2, 0) is 16.4 Å². The largest absolute Gasteiger partial charge is 0.295 e. The Labute approximate surface area is 135 Å². The van der Waals surface area contributed by atoms with Crippen LogP contribution in [0.4, 0.5) is 0 Å². The van der Waals surface area contributed by atoms with Crippen molar-refractivity contribution in [2.24, 2.45) is 0 Å². The number of nitrogens with zero attached hydrogens (tertiary/aromatic N) is 2. The number of hydrogen-bond acceptors (Lipinski definition) is 3. The molecule has 0 N–H and O–H groups in total. The van der Waals surface area contributed by atoms with Crippen LogP contribution in [0.1, 0.15) is 32.8 Å². The molecule has 0 amide bonds. The van der Waals surface area contributed by atoms with Gasteiger partial charge in [0.1, 0.15) is 0 Å². The molecule has 124 valence electrons. The highest BCUT2D eigenvalue weighted by Crippen LogP contribution is 2.19. The smallest absolute Gasteiger partial charge is 0.214 e. The lowest BCUT2D eigenvalue weighted by Gasteiger charge is -2.43. The minimum absolute atomic E-state index is 0.260. The summed E-state index contributed by atoms with van der Waals surface area (Å²) in [5, 5.41) is 0. The molecule has 2 rings (SSSR count). The highest BCUT2D eigenvalue weighted by atomic mass is 32.2. The molecule has 1 aliphatic rings. The number of sulfonamides is 1. The van der Waals surface area contributed by atoms with Crippen molar-refractivity contribution in [1.82, 2.24) is 9.21 Å². The molecule has 4 nitrogen and oxygen atoms in total. The first-order valence-corrected chi connectivity index (χ1v) is 9.82. The van der Waals surface area contributed by atoms with Gasteiger partial charge in [-0.15, -0.1) is 0 Å². The van der Waals surface area contributed by atoms with Crippen molar-refractivity contribution in [1.29, 1.82) is 0 Å². The summed E-state index contributed by atoms with van der Waals surface area (Å²) in [7, 11) is -3.08. The number of hydrogen-bond donors (Lipinski definition) is 0. The molecule has 1 aromatic rings. The maximum Gasteiger partial charge on any atom is 0.214 e. The van der Waals surface area contributed by atoms with E-state index in [1.54, 1.807) is 4.31 Å². The molecule has 0 spiro atoms. The topological polar surface area (TPSA) is 40.6 Å². The molecule has 2 unspecified atom stereocenters. The van der Waals surface area contributed by atoms with Crippen LogP contribution in [0.15, 0.2) is 30.3 Å². The average molecular weight is 324 g/mol. The van der Waals surface area contributed by atoms with Crippen LogP contribution in [0.5, 0.6) is 0 Å². The summed E-state index contributed by atoms with van der Waals surface area (Å²) < 4.78 is 26.2. The first-order valence-electron chi connectivity index (χ1n) is 8.21. The fraction of sp³-hybridized carbons (Fsp3) is 0.647. The first-order chi connectivity index (χ1) is 10.4. The van der Waals surface area contributed by atoms with Crippen molar-refractivity contribution >= 4 is 10.0 Å². The molecule has 22 heavy (non-hydrogen) atoms. The second kappa shape index (κ2) is 7.57. The summed E-state index contributed by atoms with van der Waals surface area (Å²) in [6.45, 7) is 8.39. The van der Waals surface area contributed by atoms with E-state index in [1.807, 2.05) is 13.0 Å². The maximum atomic E-state index is 12.3. The van der Waals surface area contributed by atoms with Crippen LogP contribution in [-0.4, -0.2) is 55.1 Å². The van der Waals surface area contributed by atoms with Gasteiger partial charge in [-0.3, -0.25) is 4.90 Å². The van der Waals surface area contributed by atoms with E-state index in [0.717, 1.165) is 13.0 Å². The molecule has 1 saturated heterocycles. The second-order valence-electron chi connectivity index (χ2n) is 6.30. The zero-order chi connectivity index (χ0) is 16.2. The van der Waals surface area contributed by atoms with Gasteiger partial charge in [0.2, 0.25) is 10.0 Å². The third-order valence-corrected chi connectivity index (χ3v) is 6.43. The summed E-state index contributed by atoms with van der Waals surface area (Å²) in [5.74, 6) is 0.260. The van der Waals surface area contributed by atoms with E-state index in [9.17, 15) is 8.42 Å². The van der Waals surface area contributed by atoms with Gasteiger partial charge in [-0.2, -0.15) is 4.31 Å². The molecule has 1 aliphatic heterocycles. The molecule has 2 atom stereocenters. The summed E-state index contributed by atoms with van der Waals surface area (Å²) >= 11 is 0. The molecule has 0 radical (unpaired) electrons. The second-order valence-corrected chi connectivity index (χ2v) is 8.39. The van der Waals surface area contributed by atoms with Crippen LogP contribution < -0.4 is 0 Å². The monoisotopic (exact) mass is 324 g/mol. The van der Waals surface area contributed by atoms with E-state index in [1.165, 1.54) is 5.56 Å². The van der Waals surface area contributed by atoms with Gasteiger partial charge < -0.3 is 0 Å². The van der Waals surface area contributed by atoms with Crippen LogP contribution >= 0.6 is 0 Å². The molecule has 0 aliphatic carbocycles. The van der Waals surface area contributed by atoms with Crippen LogP contribution in [0.2, 0.25) is 0 Å². The molecule has 1 fully saturated rings. The Hall–Kier alpha value is -0.910. The van der Waals surface area contributed by atoms with Crippen molar-refractivity contribution in [3.8, 4) is 0 Å². The Kier molecular flexibility index (Phi) is 6.01. The molecule has 5 heteroatoms. The van der Waals surface area contributed by atoms with Gasteiger partial charge in [0.05, 0.1) is 5.75 Å². The van der Waals surface area contributed by atoms with E-state index in [2.05, 4.69) is 43.0 Å². The van der Waals surface area contributed by atoms with Crippen molar-refractivity contribution in [3.63, 3.8) is 0 Å². The fourth-order valence-electron chi connectivity index (χ4n) is 3.27. The highest BCUT2D eigenvalue weighted by molar-refractivity contribution is 7.89. The van der Waals surface area contributed by atoms with Crippen LogP contribution in [0.3, 0.4) is 0 Å². The first kappa shape index (κ1) is 17.4. The highest BCUT2D eigenvalue weighted by Gasteiger charge is 2.34. The Morgan fingerprint density at radius 2 is 1.68 bits per heavy atom. The zero-order valence-corrected chi connectivity index (χ0v) is 14.7. The lowest BCUT2D eigenvalue weighted by atomic mass is 10.1. The molecular weight excluding hydrogens is 296 g/mol. The molecular formula is C17H28N2O2S. The zero-order valence-electron chi connectivity index (χ0n) is 13.9. The van der Waals surface area contributed by atoms with Gasteiger partial charge in [0.25, 0.3) is 0 Å². The van der Waals surface area contributed by atoms with Crippen molar-refractivity contribution in [2.75, 3.05) is 25.4 Å². The molecule has 0 saturated carbocycles. The summed E-state index contributed by atoms with van der Waals surface area (Å²) in [6, 6.07) is 11.0. The predicted molar refractivity (Wildman–Crippen MR) is 91.4 cm³/mol. The molecule has 1 aromatic carbocycles. The summed E-state index contributed by atoms with van der Waals surface area (Å²) in [5.41, 5.74) is 1.34. The SMILES string of the molecule is CCCS(=O)(=O)N1CC(C)N(CCc2ccccc2)C(C)C1. The average Bonchev–Trinajstić information content (AvgIpc) is 2.47. The minimum atomic E-state index is -3.08. The van der Waals surface area contributed by atoms with E-state index in [-0.39, 0.29) is 17.8 Å². The summed E-state index contributed by atoms with van der Waals surface area (Å²) in [4.78, 5) is 2.44. The Morgan fingerprint density at radius 3 is 2.23 bits per heavy atom. The fourth-order valence-corrected chi connectivity index (χ4v) is 4.93. The number of rotatable bonds is 6. The van der Waals surface area contributed by atoms with E-state index in [4.69, 9.17) is 0 Å². The van der Waals surface area contributed by atoms with E-state index >= 15 is 0 Å². The molecule has 1 heterocycles. The third kappa shape index (κ3) is 4.31. The van der Waals surface area contributed by atoms with E-state index < -0.39 is 10.0 Å². The Morgan fingerprint density at radius 1 is 1.09 bits per heavy atom. The predicted octanol–water partition coefficient (Wildman–Crippen LogP) is 2.36. The van der Waals surface area contributed by atoms with Crippen LogP contribution in [0.25, 0.3) is 0 Å². The van der Waals surface area contributed by atoms with Gasteiger partial charge in [-0.25, -0.2) is 8.42 Å². The minimum Gasteiger partial charge on any atom is -0.295 e. The maximum absolute atomic E-state index is 12.3. The standard InChI is InChI=1S/C17H28N2O2S/c1-4-12-22(20,21)18-13-15(2)19(16(3)14-18)11-10-17-8-6-5-7-9-17/h5-9,15-16H,4,10-14H2,1-3H3. The normalized spacial score (nSPS) is 24.5. The third-order valence-electron chi connectivity index (χ3n) is 4.42. The van der Waals surface area contributed by atoms with Gasteiger partial charge in [-0.1, -0.05) is 37.3 Å². The Bertz CT molecular complexity index is 547. The number of benzene rings is 1. The van der Waals surface area contributed by atoms with Crippen molar-refractivity contribution < 1.29 is 8.42 Å². The van der Waals surface area contributed by atoms with Crippen molar-refractivity contribution in [3.05, 3.63) is 35.9 Å². The lowest BCUT2D eigenvalue weighted by molar-refractivity contribution is 0.0784.